The van der Waals surface area contributed by atoms with Gasteiger partial charge in [0, 0.05) is 13.1 Å². The molecule has 3 atom stereocenters. The first kappa shape index (κ1) is 33.0. The molecule has 2 aromatic rings. The molecule has 5 N–H and O–H groups in total. The Balaban J connectivity index is 1.92. The zero-order valence-electron chi connectivity index (χ0n) is 24.3. The number of rotatable bonds is 13. The van der Waals surface area contributed by atoms with Gasteiger partial charge in [-0.3, -0.25) is 4.79 Å². The van der Waals surface area contributed by atoms with Gasteiger partial charge in [0.1, 0.15) is 6.04 Å². The van der Waals surface area contributed by atoms with Crippen LogP contribution in [0.1, 0.15) is 57.6 Å². The molecule has 0 radical (unpaired) electrons. The summed E-state index contributed by atoms with van der Waals surface area (Å²) in [5.41, 5.74) is 0.565. The van der Waals surface area contributed by atoms with Crippen molar-refractivity contribution in [1.82, 2.24) is 14.9 Å². The van der Waals surface area contributed by atoms with Crippen LogP contribution in [0, 0.1) is 11.3 Å². The van der Waals surface area contributed by atoms with Crippen molar-refractivity contribution in [3.05, 3.63) is 65.7 Å². The van der Waals surface area contributed by atoms with Crippen molar-refractivity contribution in [2.24, 2.45) is 16.5 Å². The van der Waals surface area contributed by atoms with Gasteiger partial charge >= 0.3 is 6.09 Å². The highest BCUT2D eigenvalue weighted by molar-refractivity contribution is 7.89. The Labute approximate surface area is 247 Å². The van der Waals surface area contributed by atoms with Gasteiger partial charge in [-0.15, -0.1) is 0 Å². The summed E-state index contributed by atoms with van der Waals surface area (Å²) in [5, 5.41) is 37.7. The fourth-order valence-corrected chi connectivity index (χ4v) is 6.78. The SMILES string of the molecule is CC(C)(C)[C@H](NC(=O)O)C(=O)N[C@@H](Cc1ccccc1)[C@H](O)CN(CC1CCCC1)S(=O)(=O)c1ccc(C=NO)cc1. The van der Waals surface area contributed by atoms with Gasteiger partial charge in [-0.1, -0.05) is 81.2 Å². The molecule has 12 heteroatoms. The third kappa shape index (κ3) is 9.27. The third-order valence-electron chi connectivity index (χ3n) is 7.54. The smallest absolute Gasteiger partial charge is 0.405 e. The lowest BCUT2D eigenvalue weighted by molar-refractivity contribution is -0.127. The number of benzene rings is 2. The number of amides is 2. The van der Waals surface area contributed by atoms with Crippen molar-refractivity contribution < 1.29 is 33.4 Å². The number of carbonyl (C=O) groups is 2. The largest absolute Gasteiger partial charge is 0.465 e. The maximum atomic E-state index is 13.9. The van der Waals surface area contributed by atoms with Crippen LogP contribution >= 0.6 is 0 Å². The van der Waals surface area contributed by atoms with Gasteiger partial charge in [0.15, 0.2) is 0 Å². The highest BCUT2D eigenvalue weighted by Crippen LogP contribution is 2.28. The van der Waals surface area contributed by atoms with E-state index in [1.165, 1.54) is 34.8 Å². The summed E-state index contributed by atoms with van der Waals surface area (Å²) in [6.45, 7) is 5.12. The normalized spacial score (nSPS) is 16.8. The monoisotopic (exact) mass is 602 g/mol. The van der Waals surface area contributed by atoms with Crippen LogP contribution in [0.15, 0.2) is 64.6 Å². The van der Waals surface area contributed by atoms with Crippen LogP contribution in [-0.2, 0) is 21.2 Å². The van der Waals surface area contributed by atoms with Gasteiger partial charge in [-0.05, 0) is 53.9 Å². The van der Waals surface area contributed by atoms with Crippen LogP contribution in [0.3, 0.4) is 0 Å². The fraction of sp³-hybridized carbons (Fsp3) is 0.500. The molecular weight excluding hydrogens is 560 g/mol. The zero-order chi connectivity index (χ0) is 30.9. The molecule has 230 valence electrons. The number of oxime groups is 1. The van der Waals surface area contributed by atoms with E-state index in [2.05, 4.69) is 15.8 Å². The van der Waals surface area contributed by atoms with E-state index < -0.39 is 45.6 Å². The summed E-state index contributed by atoms with van der Waals surface area (Å²) in [4.78, 5) is 24.9. The number of carbonyl (C=O) groups excluding carboxylic acids is 1. The third-order valence-corrected chi connectivity index (χ3v) is 9.38. The first-order chi connectivity index (χ1) is 19.8. The summed E-state index contributed by atoms with van der Waals surface area (Å²) in [7, 11) is -4.04. The van der Waals surface area contributed by atoms with Crippen molar-refractivity contribution in [2.45, 2.75) is 76.0 Å². The number of sulfonamides is 1. The lowest BCUT2D eigenvalue weighted by Crippen LogP contribution is -2.58. The van der Waals surface area contributed by atoms with Crippen molar-refractivity contribution in [3.8, 4) is 0 Å². The minimum Gasteiger partial charge on any atom is -0.465 e. The molecule has 1 saturated carbocycles. The van der Waals surface area contributed by atoms with Crippen LogP contribution in [0.4, 0.5) is 4.79 Å². The molecule has 2 aromatic carbocycles. The zero-order valence-corrected chi connectivity index (χ0v) is 25.1. The summed E-state index contributed by atoms with van der Waals surface area (Å²) < 4.78 is 29.0. The number of hydrogen-bond donors (Lipinski definition) is 5. The van der Waals surface area contributed by atoms with Crippen molar-refractivity contribution >= 4 is 28.2 Å². The number of hydrogen-bond acceptors (Lipinski definition) is 7. The number of nitrogens with one attached hydrogen (secondary N) is 2. The highest BCUT2D eigenvalue weighted by atomic mass is 32.2. The number of nitrogens with zero attached hydrogens (tertiary/aromatic N) is 2. The molecule has 0 bridgehead atoms. The topological polar surface area (TPSA) is 169 Å². The maximum Gasteiger partial charge on any atom is 0.405 e. The Hall–Kier alpha value is -3.48. The minimum absolute atomic E-state index is 0.0323. The molecule has 1 aliphatic carbocycles. The van der Waals surface area contributed by atoms with Crippen molar-refractivity contribution in [1.29, 1.82) is 0 Å². The van der Waals surface area contributed by atoms with Gasteiger partial charge < -0.3 is 26.1 Å². The molecule has 0 unspecified atom stereocenters. The summed E-state index contributed by atoms with van der Waals surface area (Å²) >= 11 is 0. The van der Waals surface area contributed by atoms with Crippen LogP contribution < -0.4 is 10.6 Å². The van der Waals surface area contributed by atoms with Crippen molar-refractivity contribution in [3.63, 3.8) is 0 Å². The van der Waals surface area contributed by atoms with Crippen LogP contribution in [0.25, 0.3) is 0 Å². The van der Waals surface area contributed by atoms with Gasteiger partial charge in [-0.25, -0.2) is 13.2 Å². The van der Waals surface area contributed by atoms with Gasteiger partial charge in [0.2, 0.25) is 15.9 Å². The molecule has 2 amide bonds. The lowest BCUT2D eigenvalue weighted by Gasteiger charge is -2.34. The van der Waals surface area contributed by atoms with Crippen LogP contribution in [0.5, 0.6) is 0 Å². The Morgan fingerprint density at radius 1 is 1.05 bits per heavy atom. The molecule has 42 heavy (non-hydrogen) atoms. The van der Waals surface area contributed by atoms with Gasteiger partial charge in [0.25, 0.3) is 0 Å². The molecule has 11 nitrogen and oxygen atoms in total. The van der Waals surface area contributed by atoms with E-state index in [0.717, 1.165) is 31.2 Å². The Morgan fingerprint density at radius 3 is 2.21 bits per heavy atom. The molecule has 1 aliphatic rings. The fourth-order valence-electron chi connectivity index (χ4n) is 5.25. The van der Waals surface area contributed by atoms with E-state index in [1.807, 2.05) is 30.3 Å². The van der Waals surface area contributed by atoms with Gasteiger partial charge in [-0.2, -0.15) is 4.31 Å². The van der Waals surface area contributed by atoms with E-state index in [0.29, 0.717) is 5.56 Å². The van der Waals surface area contributed by atoms with E-state index in [-0.39, 0.29) is 30.3 Å². The Morgan fingerprint density at radius 2 is 1.67 bits per heavy atom. The van der Waals surface area contributed by atoms with Crippen molar-refractivity contribution in [2.75, 3.05) is 13.1 Å². The number of carboxylic acid groups (broad SMARTS) is 1. The second-order valence-corrected chi connectivity index (χ2v) is 13.8. The molecule has 3 rings (SSSR count). The predicted octanol–water partition coefficient (Wildman–Crippen LogP) is 3.45. The Bertz CT molecular complexity index is 1310. The molecule has 1 fully saturated rings. The van der Waals surface area contributed by atoms with E-state index in [4.69, 9.17) is 5.21 Å². The molecule has 0 aliphatic heterocycles. The molecule has 0 aromatic heterocycles. The first-order valence-electron chi connectivity index (χ1n) is 14.1. The average Bonchev–Trinajstić information content (AvgIpc) is 3.44. The average molecular weight is 603 g/mol. The van der Waals surface area contributed by atoms with E-state index in [1.54, 1.807) is 20.8 Å². The molecule has 0 spiro atoms. The molecule has 0 heterocycles. The maximum absolute atomic E-state index is 13.9. The van der Waals surface area contributed by atoms with E-state index >= 15 is 0 Å². The van der Waals surface area contributed by atoms with E-state index in [9.17, 15) is 28.2 Å². The second-order valence-electron chi connectivity index (χ2n) is 11.9. The predicted molar refractivity (Wildman–Crippen MR) is 159 cm³/mol. The van der Waals surface area contributed by atoms with Gasteiger partial charge in [0.05, 0.1) is 23.3 Å². The summed E-state index contributed by atoms with van der Waals surface area (Å²) in [5.74, 6) is -0.476. The highest BCUT2D eigenvalue weighted by Gasteiger charge is 2.37. The quantitative estimate of drug-likeness (QED) is 0.133. The summed E-state index contributed by atoms with van der Waals surface area (Å²) in [6, 6.07) is 13.1. The minimum atomic E-state index is -4.04. The van der Waals surface area contributed by atoms with Crippen LogP contribution in [-0.4, -0.2) is 77.6 Å². The number of aliphatic hydroxyl groups is 1. The molecule has 0 saturated heterocycles. The summed E-state index contributed by atoms with van der Waals surface area (Å²) in [6.07, 6.45) is 2.51. The Kier molecular flexibility index (Phi) is 11.5. The molecular formula is C30H42N4O7S. The standard InChI is InChI=1S/C30H42N4O7S/c1-30(2,3)27(33-29(37)38)28(36)32-25(17-21-9-5-4-6-10-21)26(35)20-34(19-23-11-7-8-12-23)42(40,41)24-15-13-22(14-16-24)18-31-39/h4-6,9-10,13-16,18,23,25-27,33,35,39H,7-8,11-12,17,19-20H2,1-3H3,(H,32,36)(H,37,38)/t25-,26+,27+/m0/s1. The second kappa shape index (κ2) is 14.6. The van der Waals surface area contributed by atoms with Crippen LogP contribution in [0.2, 0.25) is 0 Å². The lowest BCUT2D eigenvalue weighted by atomic mass is 9.85. The first-order valence-corrected chi connectivity index (χ1v) is 15.5. The number of aliphatic hydroxyl groups excluding tert-OH is 1.